The van der Waals surface area contributed by atoms with E-state index in [-0.39, 0.29) is 11.5 Å². The molecule has 1 aromatic rings. The summed E-state index contributed by atoms with van der Waals surface area (Å²) < 4.78 is 5.71. The molecule has 1 atom stereocenters. The van der Waals surface area contributed by atoms with Gasteiger partial charge >= 0.3 is 0 Å². The molecule has 3 heteroatoms. The van der Waals surface area contributed by atoms with E-state index in [0.717, 1.165) is 36.5 Å². The van der Waals surface area contributed by atoms with E-state index < -0.39 is 0 Å². The van der Waals surface area contributed by atoms with Crippen molar-refractivity contribution >= 4 is 11.6 Å². The third-order valence-corrected chi connectivity index (χ3v) is 5.75. The van der Waals surface area contributed by atoms with Crippen LogP contribution in [0.3, 0.4) is 0 Å². The Bertz CT molecular complexity index is 547. The minimum absolute atomic E-state index is 0.0888. The van der Waals surface area contributed by atoms with Crippen LogP contribution in [0.2, 0.25) is 5.02 Å². The first-order valence-corrected chi connectivity index (χ1v) is 8.04. The lowest BCUT2D eigenvalue weighted by molar-refractivity contribution is 0.396. The highest BCUT2D eigenvalue weighted by Gasteiger charge is 2.51. The molecule has 3 rings (SSSR count). The van der Waals surface area contributed by atoms with E-state index >= 15 is 0 Å². The molecule has 0 aliphatic heterocycles. The highest BCUT2D eigenvalue weighted by atomic mass is 35.5. The van der Waals surface area contributed by atoms with E-state index in [9.17, 15) is 0 Å². The van der Waals surface area contributed by atoms with Crippen molar-refractivity contribution in [1.82, 2.24) is 0 Å². The molecule has 1 fully saturated rings. The molecule has 110 valence electrons. The summed E-state index contributed by atoms with van der Waals surface area (Å²) in [6, 6.07) is 0.146. The van der Waals surface area contributed by atoms with Gasteiger partial charge in [-0.15, -0.1) is 0 Å². The van der Waals surface area contributed by atoms with Crippen molar-refractivity contribution in [3.05, 3.63) is 27.3 Å². The van der Waals surface area contributed by atoms with Crippen molar-refractivity contribution in [3.63, 3.8) is 0 Å². The fourth-order valence-electron chi connectivity index (χ4n) is 3.99. The SMILES string of the molecule is COc1c(Cl)c2c(c(C)c1C1(C(C)N)CC1)CCCC2. The Kier molecular flexibility index (Phi) is 3.50. The number of methoxy groups -OCH3 is 1. The maximum Gasteiger partial charge on any atom is 0.141 e. The Morgan fingerprint density at radius 1 is 1.20 bits per heavy atom. The lowest BCUT2D eigenvalue weighted by Crippen LogP contribution is -2.33. The van der Waals surface area contributed by atoms with Crippen molar-refractivity contribution in [2.24, 2.45) is 5.73 Å². The second kappa shape index (κ2) is 4.92. The van der Waals surface area contributed by atoms with Gasteiger partial charge < -0.3 is 10.5 Å². The van der Waals surface area contributed by atoms with Gasteiger partial charge in [0.05, 0.1) is 12.1 Å². The zero-order valence-electron chi connectivity index (χ0n) is 12.7. The maximum absolute atomic E-state index is 6.68. The zero-order valence-corrected chi connectivity index (χ0v) is 13.4. The standard InChI is InChI=1S/C17H24ClNO/c1-10-12-6-4-5-7-13(12)15(18)16(20-3)14(10)17(8-9-17)11(2)19/h11H,4-9,19H2,1-3H3. The van der Waals surface area contributed by atoms with Crippen molar-refractivity contribution in [1.29, 1.82) is 0 Å². The fraction of sp³-hybridized carbons (Fsp3) is 0.647. The summed E-state index contributed by atoms with van der Waals surface area (Å²) in [6.45, 7) is 4.35. The number of rotatable bonds is 3. The Balaban J connectivity index is 2.26. The van der Waals surface area contributed by atoms with Crippen LogP contribution in [0.5, 0.6) is 5.75 Å². The van der Waals surface area contributed by atoms with E-state index in [1.807, 2.05) is 0 Å². The molecule has 2 nitrogen and oxygen atoms in total. The van der Waals surface area contributed by atoms with E-state index in [2.05, 4.69) is 13.8 Å². The molecule has 20 heavy (non-hydrogen) atoms. The summed E-state index contributed by atoms with van der Waals surface area (Å²) >= 11 is 6.68. The van der Waals surface area contributed by atoms with E-state index in [0.29, 0.717) is 0 Å². The number of fused-ring (bicyclic) bond motifs is 1. The van der Waals surface area contributed by atoms with Gasteiger partial charge in [-0.25, -0.2) is 0 Å². The summed E-state index contributed by atoms with van der Waals surface area (Å²) in [5, 5.41) is 0.842. The van der Waals surface area contributed by atoms with E-state index in [1.165, 1.54) is 35.1 Å². The van der Waals surface area contributed by atoms with Crippen LogP contribution in [0.25, 0.3) is 0 Å². The van der Waals surface area contributed by atoms with Gasteiger partial charge in [0.15, 0.2) is 0 Å². The van der Waals surface area contributed by atoms with Gasteiger partial charge in [0.2, 0.25) is 0 Å². The number of halogens is 1. The maximum atomic E-state index is 6.68. The monoisotopic (exact) mass is 293 g/mol. The number of ether oxygens (including phenoxy) is 1. The molecule has 1 saturated carbocycles. The van der Waals surface area contributed by atoms with Crippen LogP contribution < -0.4 is 10.5 Å². The molecule has 1 aromatic carbocycles. The summed E-state index contributed by atoms with van der Waals surface area (Å²) in [5.41, 5.74) is 11.8. The summed E-state index contributed by atoms with van der Waals surface area (Å²) in [7, 11) is 1.73. The molecule has 0 heterocycles. The molecule has 0 aromatic heterocycles. The number of hydrogen-bond donors (Lipinski definition) is 1. The van der Waals surface area contributed by atoms with Crippen molar-refractivity contribution in [2.75, 3.05) is 7.11 Å². The highest BCUT2D eigenvalue weighted by Crippen LogP contribution is 2.57. The molecular formula is C17H24ClNO. The first-order valence-electron chi connectivity index (χ1n) is 7.66. The van der Waals surface area contributed by atoms with Gasteiger partial charge in [0.25, 0.3) is 0 Å². The van der Waals surface area contributed by atoms with Crippen LogP contribution >= 0.6 is 11.6 Å². The lowest BCUT2D eigenvalue weighted by atomic mass is 9.79. The van der Waals surface area contributed by atoms with Gasteiger partial charge in [-0.1, -0.05) is 11.6 Å². The fourth-order valence-corrected chi connectivity index (χ4v) is 4.37. The van der Waals surface area contributed by atoms with Crippen LogP contribution in [-0.4, -0.2) is 13.2 Å². The Labute approximate surface area is 126 Å². The second-order valence-corrected chi connectivity index (χ2v) is 6.83. The summed E-state index contributed by atoms with van der Waals surface area (Å²) in [5.74, 6) is 0.889. The lowest BCUT2D eigenvalue weighted by Gasteiger charge is -2.30. The Hall–Kier alpha value is -0.730. The second-order valence-electron chi connectivity index (χ2n) is 6.46. The number of hydrogen-bond acceptors (Lipinski definition) is 2. The first-order chi connectivity index (χ1) is 9.53. The van der Waals surface area contributed by atoms with Gasteiger partial charge in [0, 0.05) is 17.0 Å². The van der Waals surface area contributed by atoms with E-state index in [1.54, 1.807) is 7.11 Å². The molecule has 1 unspecified atom stereocenters. The van der Waals surface area contributed by atoms with Crippen molar-refractivity contribution < 1.29 is 4.74 Å². The third-order valence-electron chi connectivity index (χ3n) is 5.35. The minimum atomic E-state index is 0.0888. The normalized spacial score (nSPS) is 21.2. The van der Waals surface area contributed by atoms with Gasteiger partial charge in [0.1, 0.15) is 5.75 Å². The van der Waals surface area contributed by atoms with Crippen LogP contribution in [0.15, 0.2) is 0 Å². The highest BCUT2D eigenvalue weighted by molar-refractivity contribution is 6.33. The molecule has 2 N–H and O–H groups in total. The number of benzene rings is 1. The smallest absolute Gasteiger partial charge is 0.141 e. The largest absolute Gasteiger partial charge is 0.495 e. The predicted molar refractivity (Wildman–Crippen MR) is 83.9 cm³/mol. The van der Waals surface area contributed by atoms with Crippen molar-refractivity contribution in [3.8, 4) is 5.75 Å². The molecular weight excluding hydrogens is 270 g/mol. The van der Waals surface area contributed by atoms with Gasteiger partial charge in [-0.05, 0) is 69.1 Å². The molecule has 2 aliphatic rings. The molecule has 0 saturated heterocycles. The zero-order chi connectivity index (χ0) is 14.5. The number of nitrogens with two attached hydrogens (primary N) is 1. The van der Waals surface area contributed by atoms with E-state index in [4.69, 9.17) is 22.1 Å². The van der Waals surface area contributed by atoms with Crippen LogP contribution in [0, 0.1) is 6.92 Å². The van der Waals surface area contributed by atoms with Crippen LogP contribution in [0.1, 0.15) is 54.9 Å². The summed E-state index contributed by atoms with van der Waals surface area (Å²) in [4.78, 5) is 0. The first kappa shape index (κ1) is 14.2. The van der Waals surface area contributed by atoms with Crippen molar-refractivity contribution in [2.45, 2.75) is 63.8 Å². The quantitative estimate of drug-likeness (QED) is 0.917. The molecule has 0 spiro atoms. The minimum Gasteiger partial charge on any atom is -0.495 e. The third kappa shape index (κ3) is 1.88. The van der Waals surface area contributed by atoms with Crippen LogP contribution in [-0.2, 0) is 18.3 Å². The average molecular weight is 294 g/mol. The van der Waals surface area contributed by atoms with Gasteiger partial charge in [-0.3, -0.25) is 0 Å². The molecule has 0 amide bonds. The molecule has 0 bridgehead atoms. The predicted octanol–water partition coefficient (Wildman–Crippen LogP) is 3.91. The van der Waals surface area contributed by atoms with Crippen LogP contribution in [0.4, 0.5) is 0 Å². The van der Waals surface area contributed by atoms with Gasteiger partial charge in [-0.2, -0.15) is 0 Å². The Morgan fingerprint density at radius 3 is 2.30 bits per heavy atom. The summed E-state index contributed by atoms with van der Waals surface area (Å²) in [6.07, 6.45) is 7.02. The topological polar surface area (TPSA) is 35.2 Å². The molecule has 0 radical (unpaired) electrons. The molecule has 2 aliphatic carbocycles. The Morgan fingerprint density at radius 2 is 1.80 bits per heavy atom. The average Bonchev–Trinajstić information content (AvgIpc) is 3.24.